The summed E-state index contributed by atoms with van der Waals surface area (Å²) in [6, 6.07) is 8.18. The van der Waals surface area contributed by atoms with Crippen molar-refractivity contribution in [3.05, 3.63) is 30.3 Å². The topological polar surface area (TPSA) is 92.4 Å². The van der Waals surface area contributed by atoms with Crippen molar-refractivity contribution in [1.29, 1.82) is 0 Å². The number of carbonyl (C=O) groups excluding carboxylic acids is 1. The zero-order chi connectivity index (χ0) is 12.9. The lowest BCUT2D eigenvalue weighted by Crippen LogP contribution is -2.36. The maximum absolute atomic E-state index is 11.6. The van der Waals surface area contributed by atoms with Gasteiger partial charge in [-0.1, -0.05) is 18.2 Å². The number of rotatable bonds is 5. The van der Waals surface area contributed by atoms with Crippen LogP contribution in [0, 0.1) is 0 Å². The second-order valence-electron chi connectivity index (χ2n) is 4.03. The molecule has 0 fully saturated rings. The van der Waals surface area contributed by atoms with Crippen LogP contribution < -0.4 is 11.1 Å². The number of nitrogens with two attached hydrogens (primary N) is 1. The van der Waals surface area contributed by atoms with Crippen LogP contribution in [0.1, 0.15) is 6.42 Å². The van der Waals surface area contributed by atoms with Crippen LogP contribution in [-0.4, -0.2) is 29.7 Å². The van der Waals surface area contributed by atoms with E-state index in [9.17, 15) is 9.36 Å². The first kappa shape index (κ1) is 13.9. The zero-order valence-corrected chi connectivity index (χ0v) is 10.6. The molecular weight excluding hydrogens is 239 g/mol. The number of hydrogen-bond acceptors (Lipinski definition) is 3. The molecule has 0 spiro atoms. The van der Waals surface area contributed by atoms with E-state index in [1.807, 2.05) is 6.07 Å². The number of amides is 1. The first-order valence-corrected chi connectivity index (χ1v) is 7.58. The van der Waals surface area contributed by atoms with Crippen molar-refractivity contribution in [3.8, 4) is 0 Å². The summed E-state index contributed by atoms with van der Waals surface area (Å²) < 4.78 is 11.1. The molecule has 2 atom stereocenters. The Morgan fingerprint density at radius 1 is 1.47 bits per heavy atom. The Balaban J connectivity index is 2.45. The Labute approximate surface area is 100 Å². The van der Waals surface area contributed by atoms with E-state index >= 15 is 0 Å². The summed E-state index contributed by atoms with van der Waals surface area (Å²) in [6.07, 6.45) is 0.249. The van der Waals surface area contributed by atoms with Gasteiger partial charge >= 0.3 is 0 Å². The summed E-state index contributed by atoms with van der Waals surface area (Å²) in [5.41, 5.74) is 6.29. The van der Waals surface area contributed by atoms with Crippen molar-refractivity contribution in [2.45, 2.75) is 12.5 Å². The first-order chi connectivity index (χ1) is 7.88. The van der Waals surface area contributed by atoms with Gasteiger partial charge in [0.15, 0.2) is 7.37 Å². The maximum Gasteiger partial charge on any atom is 0.241 e. The number of hydrogen-bond donors (Lipinski definition) is 3. The molecule has 17 heavy (non-hydrogen) atoms. The minimum atomic E-state index is -3.10. The van der Waals surface area contributed by atoms with E-state index in [0.29, 0.717) is 5.69 Å². The predicted octanol–water partition coefficient (Wildman–Crippen LogP) is 1.24. The van der Waals surface area contributed by atoms with Gasteiger partial charge in [-0.3, -0.25) is 9.36 Å². The first-order valence-electron chi connectivity index (χ1n) is 5.29. The van der Waals surface area contributed by atoms with Crippen molar-refractivity contribution in [2.24, 2.45) is 5.73 Å². The monoisotopic (exact) mass is 256 g/mol. The number of benzene rings is 1. The van der Waals surface area contributed by atoms with E-state index < -0.39 is 13.4 Å². The highest BCUT2D eigenvalue weighted by molar-refractivity contribution is 7.57. The Hall–Kier alpha value is -1.16. The Bertz CT molecular complexity index is 416. The molecule has 0 saturated heterocycles. The minimum absolute atomic E-state index is 0.0520. The van der Waals surface area contributed by atoms with Gasteiger partial charge in [-0.15, -0.1) is 0 Å². The van der Waals surface area contributed by atoms with E-state index in [2.05, 4.69) is 5.32 Å². The summed E-state index contributed by atoms with van der Waals surface area (Å²) in [6.45, 7) is 1.26. The lowest BCUT2D eigenvalue weighted by atomic mass is 10.2. The van der Waals surface area contributed by atoms with Crippen LogP contribution in [0.2, 0.25) is 0 Å². The zero-order valence-electron chi connectivity index (χ0n) is 9.67. The molecule has 1 rings (SSSR count). The molecule has 0 aromatic heterocycles. The Morgan fingerprint density at radius 2 is 2.06 bits per heavy atom. The SMILES string of the molecule is CP(=O)(O)CCC(N)C(=O)Nc1ccccc1. The van der Waals surface area contributed by atoms with Crippen LogP contribution in [0.15, 0.2) is 30.3 Å². The third-order valence-corrected chi connectivity index (χ3v) is 3.32. The van der Waals surface area contributed by atoms with Crippen molar-refractivity contribution in [3.63, 3.8) is 0 Å². The normalized spacial score (nSPS) is 15.9. The number of para-hydroxylation sites is 1. The van der Waals surface area contributed by atoms with Gasteiger partial charge in [0, 0.05) is 18.5 Å². The fraction of sp³-hybridized carbons (Fsp3) is 0.364. The van der Waals surface area contributed by atoms with Crippen LogP contribution >= 0.6 is 7.37 Å². The molecule has 6 heteroatoms. The molecule has 0 heterocycles. The summed E-state index contributed by atoms with van der Waals surface area (Å²) in [5, 5.41) is 2.64. The van der Waals surface area contributed by atoms with Gasteiger partial charge < -0.3 is 15.9 Å². The standard InChI is InChI=1S/C11H17N2O3P/c1-17(15,16)8-7-10(12)11(14)13-9-5-3-2-4-6-9/h2-6,10H,7-8,12H2,1H3,(H,13,14)(H,15,16). The van der Waals surface area contributed by atoms with Gasteiger partial charge in [-0.2, -0.15) is 0 Å². The van der Waals surface area contributed by atoms with Crippen molar-refractivity contribution >= 4 is 19.0 Å². The Morgan fingerprint density at radius 3 is 2.59 bits per heavy atom. The summed E-state index contributed by atoms with van der Waals surface area (Å²) >= 11 is 0. The molecule has 0 aliphatic heterocycles. The van der Waals surface area contributed by atoms with Gasteiger partial charge in [-0.25, -0.2) is 0 Å². The van der Waals surface area contributed by atoms with Crippen LogP contribution in [0.5, 0.6) is 0 Å². The minimum Gasteiger partial charge on any atom is -0.344 e. The van der Waals surface area contributed by atoms with E-state index in [0.717, 1.165) is 0 Å². The predicted molar refractivity (Wildman–Crippen MR) is 68.3 cm³/mol. The van der Waals surface area contributed by atoms with E-state index in [4.69, 9.17) is 10.6 Å². The molecule has 4 N–H and O–H groups in total. The number of anilines is 1. The lowest BCUT2D eigenvalue weighted by Gasteiger charge is -2.13. The quantitative estimate of drug-likeness (QED) is 0.691. The molecule has 1 aromatic rings. The average molecular weight is 256 g/mol. The molecule has 1 amide bonds. The maximum atomic E-state index is 11.6. The van der Waals surface area contributed by atoms with Gasteiger partial charge in [0.1, 0.15) is 0 Å². The van der Waals surface area contributed by atoms with Gasteiger partial charge in [0.2, 0.25) is 5.91 Å². The average Bonchev–Trinajstić information content (AvgIpc) is 2.26. The van der Waals surface area contributed by atoms with Crippen molar-refractivity contribution < 1.29 is 14.3 Å². The second-order valence-corrected chi connectivity index (χ2v) is 6.57. The molecule has 0 bridgehead atoms. The molecule has 0 saturated carbocycles. The molecule has 1 aromatic carbocycles. The molecule has 2 unspecified atom stereocenters. The molecule has 0 radical (unpaired) electrons. The highest BCUT2D eigenvalue weighted by Gasteiger charge is 2.18. The molecule has 5 nitrogen and oxygen atoms in total. The van der Waals surface area contributed by atoms with Crippen LogP contribution in [-0.2, 0) is 9.36 Å². The second kappa shape index (κ2) is 5.96. The number of carbonyl (C=O) groups is 1. The fourth-order valence-electron chi connectivity index (χ4n) is 1.27. The lowest BCUT2D eigenvalue weighted by molar-refractivity contribution is -0.117. The molecular formula is C11H17N2O3P. The van der Waals surface area contributed by atoms with Gasteiger partial charge in [0.25, 0.3) is 0 Å². The van der Waals surface area contributed by atoms with Crippen LogP contribution in [0.25, 0.3) is 0 Å². The smallest absolute Gasteiger partial charge is 0.241 e. The third kappa shape index (κ3) is 5.63. The third-order valence-electron chi connectivity index (χ3n) is 2.23. The summed E-state index contributed by atoms with van der Waals surface area (Å²) in [5.74, 6) is -0.343. The van der Waals surface area contributed by atoms with E-state index in [1.165, 1.54) is 6.66 Å². The van der Waals surface area contributed by atoms with Crippen LogP contribution in [0.3, 0.4) is 0 Å². The van der Waals surface area contributed by atoms with Crippen LogP contribution in [0.4, 0.5) is 5.69 Å². The van der Waals surface area contributed by atoms with E-state index in [1.54, 1.807) is 24.3 Å². The molecule has 0 aliphatic carbocycles. The largest absolute Gasteiger partial charge is 0.344 e. The summed E-state index contributed by atoms with van der Waals surface area (Å²) in [4.78, 5) is 20.7. The van der Waals surface area contributed by atoms with Gasteiger partial charge in [0.05, 0.1) is 6.04 Å². The van der Waals surface area contributed by atoms with Crippen molar-refractivity contribution in [2.75, 3.05) is 18.1 Å². The van der Waals surface area contributed by atoms with E-state index in [-0.39, 0.29) is 18.5 Å². The molecule has 0 aliphatic rings. The highest BCUT2D eigenvalue weighted by Crippen LogP contribution is 2.35. The van der Waals surface area contributed by atoms with Gasteiger partial charge in [-0.05, 0) is 18.6 Å². The highest BCUT2D eigenvalue weighted by atomic mass is 31.2. The van der Waals surface area contributed by atoms with Crippen molar-refractivity contribution in [1.82, 2.24) is 0 Å². The number of nitrogens with one attached hydrogen (secondary N) is 1. The molecule has 94 valence electrons. The summed E-state index contributed by atoms with van der Waals surface area (Å²) in [7, 11) is -3.10. The Kier molecular flexibility index (Phi) is 4.87. The fourth-order valence-corrected chi connectivity index (χ4v) is 2.02.